The summed E-state index contributed by atoms with van der Waals surface area (Å²) in [4.78, 5) is 14.4. The highest BCUT2D eigenvalue weighted by atomic mass is 32.2. The third-order valence-electron chi connectivity index (χ3n) is 4.98. The smallest absolute Gasteiger partial charge is 0.221 e. The fraction of sp³-hybridized carbons (Fsp3) is 0.304. The van der Waals surface area contributed by atoms with Crippen molar-refractivity contribution >= 4 is 21.4 Å². The number of carbonyl (C=O) groups is 1. The monoisotopic (exact) mass is 441 g/mol. The highest BCUT2D eigenvalue weighted by molar-refractivity contribution is 7.91. The van der Waals surface area contributed by atoms with E-state index in [9.17, 15) is 13.2 Å². The Hall–Kier alpha value is -3.13. The van der Waals surface area contributed by atoms with Gasteiger partial charge >= 0.3 is 0 Å². The van der Waals surface area contributed by atoms with E-state index in [0.29, 0.717) is 29.1 Å². The van der Waals surface area contributed by atoms with E-state index in [1.807, 2.05) is 43.3 Å². The predicted octanol–water partition coefficient (Wildman–Crippen LogP) is 3.50. The summed E-state index contributed by atoms with van der Waals surface area (Å²) < 4.78 is 31.0. The first kappa shape index (κ1) is 22.6. The van der Waals surface area contributed by atoms with Gasteiger partial charge < -0.3 is 14.7 Å². The molecule has 0 unspecified atom stereocenters. The molecule has 2 aromatic carbocycles. The number of aryl methyl sites for hydroxylation is 2. The summed E-state index contributed by atoms with van der Waals surface area (Å²) in [7, 11) is 0.283. The van der Waals surface area contributed by atoms with Crippen molar-refractivity contribution in [2.75, 3.05) is 24.7 Å². The first-order valence-electron chi connectivity index (χ1n) is 9.96. The van der Waals surface area contributed by atoms with Crippen LogP contribution in [-0.4, -0.2) is 39.3 Å². The minimum absolute atomic E-state index is 0.108. The van der Waals surface area contributed by atoms with E-state index >= 15 is 0 Å². The fourth-order valence-corrected chi connectivity index (χ4v) is 4.67. The van der Waals surface area contributed by atoms with Crippen molar-refractivity contribution in [2.24, 2.45) is 0 Å². The second-order valence-electron chi connectivity index (χ2n) is 7.72. The van der Waals surface area contributed by atoms with Crippen LogP contribution in [0.3, 0.4) is 0 Å². The lowest BCUT2D eigenvalue weighted by Crippen LogP contribution is -2.25. The first-order valence-corrected chi connectivity index (χ1v) is 11.6. The maximum atomic E-state index is 12.9. The van der Waals surface area contributed by atoms with Crippen molar-refractivity contribution in [3.8, 4) is 11.3 Å². The molecule has 1 N–H and O–H groups in total. The van der Waals surface area contributed by atoms with Crippen molar-refractivity contribution in [1.29, 1.82) is 0 Å². The van der Waals surface area contributed by atoms with Gasteiger partial charge in [-0.3, -0.25) is 4.79 Å². The molecule has 164 valence electrons. The number of benzene rings is 2. The number of hydrogen-bond acceptors (Lipinski definition) is 6. The summed E-state index contributed by atoms with van der Waals surface area (Å²) >= 11 is 0. The van der Waals surface area contributed by atoms with Gasteiger partial charge in [0.1, 0.15) is 0 Å². The van der Waals surface area contributed by atoms with E-state index in [-0.39, 0.29) is 23.0 Å². The van der Waals surface area contributed by atoms with E-state index < -0.39 is 9.84 Å². The van der Waals surface area contributed by atoms with Crippen LogP contribution in [0.25, 0.3) is 11.3 Å². The zero-order valence-corrected chi connectivity index (χ0v) is 19.0. The molecule has 3 rings (SSSR count). The molecular formula is C23H27N3O4S. The average Bonchev–Trinajstić information content (AvgIpc) is 3.17. The topological polar surface area (TPSA) is 92.5 Å². The van der Waals surface area contributed by atoms with Crippen molar-refractivity contribution in [3.63, 3.8) is 0 Å². The summed E-state index contributed by atoms with van der Waals surface area (Å²) in [6, 6.07) is 14.7. The second-order valence-corrected chi connectivity index (χ2v) is 9.80. The van der Waals surface area contributed by atoms with E-state index in [1.165, 1.54) is 0 Å². The van der Waals surface area contributed by atoms with Gasteiger partial charge in [-0.2, -0.15) is 0 Å². The molecule has 1 amide bonds. The molecule has 0 spiro atoms. The predicted molar refractivity (Wildman–Crippen MR) is 121 cm³/mol. The van der Waals surface area contributed by atoms with Gasteiger partial charge in [0.25, 0.3) is 0 Å². The summed E-state index contributed by atoms with van der Waals surface area (Å²) in [6.07, 6.45) is -0.108. The molecule has 0 aliphatic heterocycles. The largest absolute Gasteiger partial charge is 0.378 e. The van der Waals surface area contributed by atoms with Crippen LogP contribution in [-0.2, 0) is 21.2 Å². The van der Waals surface area contributed by atoms with E-state index in [1.54, 1.807) is 38.1 Å². The Labute approximate surface area is 183 Å². The number of carbonyl (C=O) groups excluding carboxylic acids is 1. The third kappa shape index (κ3) is 5.73. The summed E-state index contributed by atoms with van der Waals surface area (Å²) in [5.74, 6) is -0.0649. The molecule has 0 aliphatic rings. The fourth-order valence-electron chi connectivity index (χ4n) is 3.13. The Morgan fingerprint density at radius 1 is 1.06 bits per heavy atom. The number of hydrogen-bond donors (Lipinski definition) is 1. The van der Waals surface area contributed by atoms with Gasteiger partial charge in [0.2, 0.25) is 5.91 Å². The van der Waals surface area contributed by atoms with Crippen LogP contribution >= 0.6 is 0 Å². The van der Waals surface area contributed by atoms with Gasteiger partial charge in [0, 0.05) is 44.4 Å². The van der Waals surface area contributed by atoms with Crippen LogP contribution in [0.15, 0.2) is 57.9 Å². The maximum Gasteiger partial charge on any atom is 0.221 e. The molecule has 0 fully saturated rings. The number of nitrogens with zero attached hydrogens (tertiary/aromatic N) is 2. The van der Waals surface area contributed by atoms with Crippen molar-refractivity contribution < 1.29 is 17.7 Å². The summed E-state index contributed by atoms with van der Waals surface area (Å²) in [5, 5.41) is 6.63. The third-order valence-corrected chi connectivity index (χ3v) is 6.83. The van der Waals surface area contributed by atoms with Crippen LogP contribution in [0.2, 0.25) is 0 Å². The Morgan fingerprint density at radius 3 is 2.39 bits per heavy atom. The van der Waals surface area contributed by atoms with E-state index in [4.69, 9.17) is 4.52 Å². The van der Waals surface area contributed by atoms with Crippen molar-refractivity contribution in [1.82, 2.24) is 10.5 Å². The minimum Gasteiger partial charge on any atom is -0.378 e. The lowest BCUT2D eigenvalue weighted by Gasteiger charge is -2.13. The van der Waals surface area contributed by atoms with Gasteiger partial charge in [-0.25, -0.2) is 8.42 Å². The van der Waals surface area contributed by atoms with Crippen LogP contribution < -0.4 is 10.2 Å². The van der Waals surface area contributed by atoms with Gasteiger partial charge in [-0.05, 0) is 43.2 Å². The molecule has 31 heavy (non-hydrogen) atoms. The normalized spacial score (nSPS) is 11.4. The second kappa shape index (κ2) is 9.34. The summed E-state index contributed by atoms with van der Waals surface area (Å²) in [6.45, 7) is 3.89. The van der Waals surface area contributed by atoms with Gasteiger partial charge in [0.05, 0.1) is 16.3 Å². The Kier molecular flexibility index (Phi) is 6.80. The molecule has 0 saturated heterocycles. The van der Waals surface area contributed by atoms with E-state index in [2.05, 4.69) is 10.5 Å². The number of sulfone groups is 1. The molecule has 0 radical (unpaired) electrons. The van der Waals surface area contributed by atoms with Gasteiger partial charge in [-0.15, -0.1) is 0 Å². The Bertz CT molecular complexity index is 1170. The number of aromatic nitrogens is 1. The minimum atomic E-state index is -3.64. The lowest BCUT2D eigenvalue weighted by atomic mass is 10.1. The molecule has 0 saturated carbocycles. The molecule has 0 aliphatic carbocycles. The highest BCUT2D eigenvalue weighted by Crippen LogP contribution is 2.26. The Morgan fingerprint density at radius 2 is 1.77 bits per heavy atom. The number of anilines is 1. The zero-order chi connectivity index (χ0) is 22.6. The maximum absolute atomic E-state index is 12.9. The molecule has 7 nitrogen and oxygen atoms in total. The van der Waals surface area contributed by atoms with Crippen LogP contribution in [0.4, 0.5) is 5.69 Å². The lowest BCUT2D eigenvalue weighted by molar-refractivity contribution is -0.120. The van der Waals surface area contributed by atoms with Gasteiger partial charge in [0.15, 0.2) is 15.6 Å². The van der Waals surface area contributed by atoms with E-state index in [0.717, 1.165) is 11.3 Å². The van der Waals surface area contributed by atoms with Crippen LogP contribution in [0, 0.1) is 13.8 Å². The quantitative estimate of drug-likeness (QED) is 0.575. The van der Waals surface area contributed by atoms with Crippen molar-refractivity contribution in [2.45, 2.75) is 31.7 Å². The molecule has 1 aromatic heterocycles. The molecule has 3 aromatic rings. The highest BCUT2D eigenvalue weighted by Gasteiger charge is 2.20. The molecule has 0 bridgehead atoms. The number of amides is 1. The Balaban J connectivity index is 1.62. The molecular weight excluding hydrogens is 414 g/mol. The van der Waals surface area contributed by atoms with Crippen molar-refractivity contribution in [3.05, 3.63) is 65.4 Å². The standard InChI is InChI=1S/C23H27N3O4S/c1-16-5-8-19(21-13-17(2)25-30-21)14-22(16)31(28,29)12-11-23(27)24-15-18-6-9-20(10-7-18)26(3)4/h5-10,13-14H,11-12,15H2,1-4H3,(H,24,27). The molecule has 0 atom stereocenters. The zero-order valence-electron chi connectivity index (χ0n) is 18.2. The van der Waals surface area contributed by atoms with Crippen LogP contribution in [0.5, 0.6) is 0 Å². The molecule has 1 heterocycles. The number of nitrogens with one attached hydrogen (secondary N) is 1. The average molecular weight is 442 g/mol. The number of rotatable bonds is 8. The SMILES string of the molecule is Cc1cc(-c2ccc(C)c(S(=O)(=O)CCC(=O)NCc3ccc(N(C)C)cc3)c2)on1. The molecule has 8 heteroatoms. The van der Waals surface area contributed by atoms with Gasteiger partial charge in [-0.1, -0.05) is 29.4 Å². The van der Waals surface area contributed by atoms with Crippen LogP contribution in [0.1, 0.15) is 23.2 Å². The summed E-state index contributed by atoms with van der Waals surface area (Å²) in [5.41, 5.74) is 4.00. The first-order chi connectivity index (χ1) is 14.7.